The van der Waals surface area contributed by atoms with E-state index in [-0.39, 0.29) is 41.2 Å². The molecule has 1 aliphatic rings. The number of nitrogens with one attached hydrogen (secondary N) is 2. The number of hydrogen-bond donors (Lipinski definition) is 2. The van der Waals surface area contributed by atoms with Gasteiger partial charge in [0.1, 0.15) is 23.9 Å². The van der Waals surface area contributed by atoms with Crippen LogP contribution in [0.1, 0.15) is 40.8 Å². The number of H-pyrrole nitrogens is 2. The third-order valence-electron chi connectivity index (χ3n) is 5.64. The van der Waals surface area contributed by atoms with Gasteiger partial charge in [-0.15, -0.1) is 0 Å². The number of carbonyl (C=O) groups is 1. The molecule has 1 amide bonds. The molecule has 1 fully saturated rings. The summed E-state index contributed by atoms with van der Waals surface area (Å²) in [4.78, 5) is 37.9. The summed E-state index contributed by atoms with van der Waals surface area (Å²) in [5.41, 5.74) is 2.01. The van der Waals surface area contributed by atoms with E-state index in [1.165, 1.54) is 24.4 Å². The van der Waals surface area contributed by atoms with Crippen LogP contribution >= 0.6 is 0 Å². The van der Waals surface area contributed by atoms with Gasteiger partial charge in [-0.2, -0.15) is 0 Å². The van der Waals surface area contributed by atoms with Gasteiger partial charge >= 0.3 is 0 Å². The quantitative estimate of drug-likeness (QED) is 0.500. The Morgan fingerprint density at radius 1 is 1.19 bits per heavy atom. The molecule has 2 aromatic carbocycles. The fourth-order valence-electron chi connectivity index (χ4n) is 4.04. The maximum Gasteiger partial charge on any atom is 0.271 e. The van der Waals surface area contributed by atoms with Crippen LogP contribution in [0.25, 0.3) is 11.0 Å². The van der Waals surface area contributed by atoms with Crippen molar-refractivity contribution in [2.45, 2.75) is 25.5 Å². The molecule has 162 valence electrons. The molecule has 0 saturated carbocycles. The molecular formula is C24H21FN4O3. The van der Waals surface area contributed by atoms with Gasteiger partial charge in [0.25, 0.3) is 5.91 Å². The highest BCUT2D eigenvalue weighted by Crippen LogP contribution is 2.32. The van der Waals surface area contributed by atoms with Crippen LogP contribution in [0.15, 0.2) is 65.6 Å². The summed E-state index contributed by atoms with van der Waals surface area (Å²) in [5.74, 6) is 0.134. The molecular weight excluding hydrogens is 411 g/mol. The number of pyridine rings is 1. The molecule has 2 N–H and O–H groups in total. The van der Waals surface area contributed by atoms with Gasteiger partial charge in [0, 0.05) is 18.8 Å². The lowest BCUT2D eigenvalue weighted by Gasteiger charge is -2.23. The van der Waals surface area contributed by atoms with Gasteiger partial charge in [-0.25, -0.2) is 9.37 Å². The molecule has 32 heavy (non-hydrogen) atoms. The zero-order valence-corrected chi connectivity index (χ0v) is 17.2. The van der Waals surface area contributed by atoms with Crippen LogP contribution < -0.4 is 10.2 Å². The number of imidazole rings is 1. The van der Waals surface area contributed by atoms with E-state index < -0.39 is 0 Å². The lowest BCUT2D eigenvalue weighted by Crippen LogP contribution is -2.32. The molecule has 0 bridgehead atoms. The molecule has 5 rings (SSSR count). The van der Waals surface area contributed by atoms with E-state index in [0.29, 0.717) is 23.4 Å². The number of carbonyl (C=O) groups excluding carboxylic acids is 1. The van der Waals surface area contributed by atoms with Gasteiger partial charge in [0.2, 0.25) is 5.43 Å². The summed E-state index contributed by atoms with van der Waals surface area (Å²) in [5, 5.41) is 0. The van der Waals surface area contributed by atoms with Gasteiger partial charge < -0.3 is 19.6 Å². The number of amides is 1. The molecule has 7 nitrogen and oxygen atoms in total. The molecule has 4 aromatic rings. The summed E-state index contributed by atoms with van der Waals surface area (Å²) >= 11 is 0. The average molecular weight is 432 g/mol. The molecule has 1 unspecified atom stereocenters. The van der Waals surface area contributed by atoms with Crippen LogP contribution in [-0.2, 0) is 6.61 Å². The highest BCUT2D eigenvalue weighted by Gasteiger charge is 2.33. The largest absolute Gasteiger partial charge is 0.483 e. The van der Waals surface area contributed by atoms with E-state index in [0.717, 1.165) is 18.4 Å². The molecule has 0 spiro atoms. The van der Waals surface area contributed by atoms with Crippen LogP contribution in [0, 0.1) is 5.82 Å². The van der Waals surface area contributed by atoms with Crippen molar-refractivity contribution in [3.8, 4) is 5.75 Å². The minimum absolute atomic E-state index is 0.155. The van der Waals surface area contributed by atoms with Crippen molar-refractivity contribution in [2.75, 3.05) is 6.54 Å². The molecule has 1 saturated heterocycles. The number of likely N-dealkylation sites (tertiary alicyclic amines) is 1. The van der Waals surface area contributed by atoms with E-state index in [1.807, 2.05) is 30.3 Å². The van der Waals surface area contributed by atoms with Gasteiger partial charge in [0.15, 0.2) is 5.75 Å². The summed E-state index contributed by atoms with van der Waals surface area (Å²) in [6.45, 7) is 0.807. The standard InChI is InChI=1S/C24H21FN4O3/c25-16-8-9-17-18(11-16)28-23(27-17)20-7-4-10-29(20)24(31)19-12-21(30)22(13-26-19)32-14-15-5-2-1-3-6-15/h1-3,5-6,8-9,11-13,20H,4,7,10,14H2,(H,26,30)(H,27,28). The van der Waals surface area contributed by atoms with Crippen molar-refractivity contribution in [3.05, 3.63) is 93.9 Å². The van der Waals surface area contributed by atoms with Crippen LogP contribution in [0.5, 0.6) is 5.75 Å². The SMILES string of the molecule is O=C(c1cc(=O)c(OCc2ccccc2)c[nH]1)N1CCCC1c1nc2ccc(F)cc2[nH]1. The summed E-state index contributed by atoms with van der Waals surface area (Å²) < 4.78 is 19.1. The summed E-state index contributed by atoms with van der Waals surface area (Å²) in [7, 11) is 0. The molecule has 3 heterocycles. The number of aromatic amines is 2. The zero-order valence-electron chi connectivity index (χ0n) is 17.2. The number of fused-ring (bicyclic) bond motifs is 1. The van der Waals surface area contributed by atoms with Gasteiger partial charge in [-0.05, 0) is 36.6 Å². The third-order valence-corrected chi connectivity index (χ3v) is 5.64. The van der Waals surface area contributed by atoms with Crippen molar-refractivity contribution in [3.63, 3.8) is 0 Å². The van der Waals surface area contributed by atoms with Crippen molar-refractivity contribution >= 4 is 16.9 Å². The fourth-order valence-corrected chi connectivity index (χ4v) is 4.04. The maximum absolute atomic E-state index is 13.5. The van der Waals surface area contributed by atoms with Crippen LogP contribution in [0.3, 0.4) is 0 Å². The molecule has 8 heteroatoms. The van der Waals surface area contributed by atoms with Crippen molar-refractivity contribution in [1.82, 2.24) is 19.9 Å². The van der Waals surface area contributed by atoms with Crippen molar-refractivity contribution in [2.24, 2.45) is 0 Å². The van der Waals surface area contributed by atoms with E-state index in [9.17, 15) is 14.0 Å². The number of benzene rings is 2. The van der Waals surface area contributed by atoms with E-state index in [1.54, 1.807) is 11.0 Å². The second-order valence-corrected chi connectivity index (χ2v) is 7.79. The van der Waals surface area contributed by atoms with Gasteiger partial charge in [-0.1, -0.05) is 30.3 Å². The van der Waals surface area contributed by atoms with E-state index >= 15 is 0 Å². The Hall–Kier alpha value is -3.94. The molecule has 0 radical (unpaired) electrons. The summed E-state index contributed by atoms with van der Waals surface area (Å²) in [6, 6.07) is 14.9. The second kappa shape index (κ2) is 8.30. The molecule has 0 aliphatic carbocycles. The first-order valence-electron chi connectivity index (χ1n) is 10.4. The predicted molar refractivity (Wildman–Crippen MR) is 117 cm³/mol. The molecule has 1 aliphatic heterocycles. The smallest absolute Gasteiger partial charge is 0.271 e. The molecule has 2 aromatic heterocycles. The van der Waals surface area contributed by atoms with Crippen molar-refractivity contribution < 1.29 is 13.9 Å². The number of hydrogen-bond acceptors (Lipinski definition) is 4. The van der Waals surface area contributed by atoms with Crippen LogP contribution in [0.4, 0.5) is 4.39 Å². The van der Waals surface area contributed by atoms with E-state index in [4.69, 9.17) is 4.74 Å². The van der Waals surface area contributed by atoms with E-state index in [2.05, 4.69) is 15.0 Å². The minimum atomic E-state index is -0.363. The topological polar surface area (TPSA) is 91.1 Å². The normalized spacial score (nSPS) is 15.9. The number of ether oxygens (including phenoxy) is 1. The molecule has 1 atom stereocenters. The lowest BCUT2D eigenvalue weighted by molar-refractivity contribution is 0.0724. The zero-order chi connectivity index (χ0) is 22.1. The van der Waals surface area contributed by atoms with Crippen molar-refractivity contribution in [1.29, 1.82) is 0 Å². The first-order chi connectivity index (χ1) is 15.6. The Kier molecular flexibility index (Phi) is 5.18. The Balaban J connectivity index is 1.34. The maximum atomic E-state index is 13.5. The predicted octanol–water partition coefficient (Wildman–Crippen LogP) is 3.95. The fraction of sp³-hybridized carbons (Fsp3) is 0.208. The highest BCUT2D eigenvalue weighted by molar-refractivity contribution is 5.92. The first kappa shape index (κ1) is 20.0. The highest BCUT2D eigenvalue weighted by atomic mass is 19.1. The lowest BCUT2D eigenvalue weighted by atomic mass is 10.2. The van der Waals surface area contributed by atoms with Crippen LogP contribution in [-0.4, -0.2) is 32.3 Å². The second-order valence-electron chi connectivity index (χ2n) is 7.79. The third kappa shape index (κ3) is 3.87. The average Bonchev–Trinajstić information content (AvgIpc) is 3.45. The van der Waals surface area contributed by atoms with Gasteiger partial charge in [-0.3, -0.25) is 9.59 Å². The first-order valence-corrected chi connectivity index (χ1v) is 10.4. The Labute approximate surface area is 182 Å². The number of aromatic nitrogens is 3. The monoisotopic (exact) mass is 432 g/mol. The minimum Gasteiger partial charge on any atom is -0.483 e. The Morgan fingerprint density at radius 2 is 2.03 bits per heavy atom. The summed E-state index contributed by atoms with van der Waals surface area (Å²) in [6.07, 6.45) is 2.97. The number of rotatable bonds is 5. The Bertz CT molecular complexity index is 1330. The Morgan fingerprint density at radius 3 is 2.84 bits per heavy atom. The van der Waals surface area contributed by atoms with Gasteiger partial charge in [0.05, 0.1) is 17.1 Å². The van der Waals surface area contributed by atoms with Crippen LogP contribution in [0.2, 0.25) is 0 Å². The number of nitrogens with zero attached hydrogens (tertiary/aromatic N) is 2. The number of halogens is 1.